The van der Waals surface area contributed by atoms with Crippen molar-refractivity contribution in [3.63, 3.8) is 0 Å². The number of nitrogens with zero attached hydrogens (tertiary/aromatic N) is 4. The number of halogens is 1. The van der Waals surface area contributed by atoms with Gasteiger partial charge >= 0.3 is 7.60 Å². The third-order valence-electron chi connectivity index (χ3n) is 4.16. The number of hydrogen-bond acceptors (Lipinski definition) is 7. The quantitative estimate of drug-likeness (QED) is 0.340. The summed E-state index contributed by atoms with van der Waals surface area (Å²) in [5, 5.41) is 0.343. The minimum atomic E-state index is -3.30. The van der Waals surface area contributed by atoms with Crippen LogP contribution >= 0.6 is 19.2 Å². The second-order valence-corrected chi connectivity index (χ2v) is 9.53. The van der Waals surface area contributed by atoms with E-state index in [1.54, 1.807) is 6.33 Å². The monoisotopic (exact) mass is 428 g/mol. The van der Waals surface area contributed by atoms with Crippen molar-refractivity contribution in [3.05, 3.63) is 30.0 Å². The predicted molar refractivity (Wildman–Crippen MR) is 108 cm³/mol. The van der Waals surface area contributed by atoms with Crippen LogP contribution in [0.3, 0.4) is 0 Å². The number of fused-ring (bicyclic) bond motifs is 1. The molecular formula is C18H26ClN4O4P. The molecule has 0 fully saturated rings. The first-order valence-corrected chi connectivity index (χ1v) is 11.5. The van der Waals surface area contributed by atoms with Crippen LogP contribution < -0.4 is 0 Å². The zero-order valence-electron chi connectivity index (χ0n) is 16.5. The van der Waals surface area contributed by atoms with E-state index in [-0.39, 0.29) is 30.7 Å². The Hall–Kier alpha value is -1.31. The summed E-state index contributed by atoms with van der Waals surface area (Å²) < 4.78 is 31.7. The van der Waals surface area contributed by atoms with E-state index in [9.17, 15) is 4.57 Å². The lowest BCUT2D eigenvalue weighted by molar-refractivity contribution is 0.0670. The molecule has 2 aromatic rings. The van der Waals surface area contributed by atoms with Gasteiger partial charge in [-0.2, -0.15) is 0 Å². The van der Waals surface area contributed by atoms with Gasteiger partial charge in [0, 0.05) is 0 Å². The van der Waals surface area contributed by atoms with Gasteiger partial charge in [0.05, 0.1) is 30.7 Å². The third-order valence-corrected chi connectivity index (χ3v) is 6.38. The molecule has 1 aliphatic rings. The van der Waals surface area contributed by atoms with E-state index in [4.69, 9.17) is 25.4 Å². The summed E-state index contributed by atoms with van der Waals surface area (Å²) in [6.07, 6.45) is 8.14. The van der Waals surface area contributed by atoms with E-state index in [1.807, 2.05) is 44.4 Å². The maximum Gasteiger partial charge on any atom is 0.356 e. The number of rotatable bonds is 8. The van der Waals surface area contributed by atoms with E-state index in [0.717, 1.165) is 12.8 Å². The fourth-order valence-electron chi connectivity index (χ4n) is 3.13. The maximum absolute atomic E-state index is 12.9. The fraction of sp³-hybridized carbons (Fsp3) is 0.611. The Bertz CT molecular complexity index is 872. The Labute approximate surface area is 169 Å². The van der Waals surface area contributed by atoms with E-state index in [0.29, 0.717) is 16.3 Å². The number of imidazole rings is 1. The van der Waals surface area contributed by atoms with Crippen LogP contribution in [0.4, 0.5) is 0 Å². The van der Waals surface area contributed by atoms with Crippen molar-refractivity contribution < 1.29 is 18.3 Å². The zero-order chi connectivity index (χ0) is 20.3. The summed E-state index contributed by atoms with van der Waals surface area (Å²) in [4.78, 5) is 12.6. The highest BCUT2D eigenvalue weighted by atomic mass is 35.5. The zero-order valence-corrected chi connectivity index (χ0v) is 18.1. The molecule has 0 spiro atoms. The molecule has 0 bridgehead atoms. The van der Waals surface area contributed by atoms with Gasteiger partial charge in [-0.15, -0.1) is 0 Å². The van der Waals surface area contributed by atoms with Crippen LogP contribution in [0.1, 0.15) is 46.6 Å². The minimum absolute atomic E-state index is 0.0696. The van der Waals surface area contributed by atoms with Crippen molar-refractivity contribution in [2.45, 2.75) is 64.9 Å². The Morgan fingerprint density at radius 3 is 2.46 bits per heavy atom. The van der Waals surface area contributed by atoms with Gasteiger partial charge < -0.3 is 18.4 Å². The Morgan fingerprint density at radius 2 is 1.86 bits per heavy atom. The SMILES string of the molecule is CC(C)OP(=O)(CO[C@@H]1C=C[C@H](n2cnc3c(Cl)ncnc32)CC1)OC(C)C. The molecule has 0 N–H and O–H groups in total. The van der Waals surface area contributed by atoms with Crippen LogP contribution in [0.15, 0.2) is 24.8 Å². The lowest BCUT2D eigenvalue weighted by Crippen LogP contribution is -2.21. The third kappa shape index (κ3) is 5.19. The number of ether oxygens (including phenoxy) is 1. The average molecular weight is 429 g/mol. The summed E-state index contributed by atoms with van der Waals surface area (Å²) in [5.74, 6) is 0. The van der Waals surface area contributed by atoms with Crippen LogP contribution in [0, 0.1) is 0 Å². The largest absolute Gasteiger partial charge is 0.362 e. The smallest absolute Gasteiger partial charge is 0.356 e. The molecule has 28 heavy (non-hydrogen) atoms. The van der Waals surface area contributed by atoms with Crippen molar-refractivity contribution >= 4 is 30.4 Å². The standard InChI is InChI=1S/C18H26ClN4O4P/c1-12(2)26-28(24,27-13(3)4)11-25-15-7-5-14(6-8-15)23-10-22-16-17(19)20-9-21-18(16)23/h5,7,9-10,12-15H,6,8,11H2,1-4H3/t14-,15+/m0/s1. The van der Waals surface area contributed by atoms with Crippen LogP contribution in [-0.2, 0) is 18.3 Å². The van der Waals surface area contributed by atoms with Crippen molar-refractivity contribution in [1.82, 2.24) is 19.5 Å². The molecule has 0 saturated heterocycles. The molecule has 0 amide bonds. The molecule has 2 heterocycles. The molecule has 0 unspecified atom stereocenters. The molecule has 8 nitrogen and oxygen atoms in total. The Kier molecular flexibility index (Phi) is 6.89. The Balaban J connectivity index is 1.64. The summed E-state index contributed by atoms with van der Waals surface area (Å²) in [5.41, 5.74) is 1.29. The van der Waals surface area contributed by atoms with Crippen molar-refractivity contribution in [3.8, 4) is 0 Å². The van der Waals surface area contributed by atoms with Crippen LogP contribution in [-0.4, -0.2) is 44.2 Å². The van der Waals surface area contributed by atoms with Crippen LogP contribution in [0.2, 0.25) is 5.15 Å². The van der Waals surface area contributed by atoms with E-state index >= 15 is 0 Å². The van der Waals surface area contributed by atoms with Gasteiger partial charge in [0.25, 0.3) is 0 Å². The molecule has 154 valence electrons. The highest BCUT2D eigenvalue weighted by Crippen LogP contribution is 2.50. The summed E-state index contributed by atoms with van der Waals surface area (Å²) in [7, 11) is -3.30. The van der Waals surface area contributed by atoms with Gasteiger partial charge in [-0.05, 0) is 40.5 Å². The second-order valence-electron chi connectivity index (χ2n) is 7.27. The average Bonchev–Trinajstić information content (AvgIpc) is 3.04. The topological polar surface area (TPSA) is 88.4 Å². The van der Waals surface area contributed by atoms with E-state index < -0.39 is 7.60 Å². The molecular weight excluding hydrogens is 403 g/mol. The number of allylic oxidation sites excluding steroid dienone is 1. The molecule has 3 rings (SSSR count). The van der Waals surface area contributed by atoms with Gasteiger partial charge in [0.15, 0.2) is 10.8 Å². The molecule has 1 aliphatic carbocycles. The number of hydrogen-bond donors (Lipinski definition) is 0. The summed E-state index contributed by atoms with van der Waals surface area (Å²) in [6, 6.07) is 0.0986. The lowest BCUT2D eigenvalue weighted by atomic mass is 10.0. The van der Waals surface area contributed by atoms with Crippen LogP contribution in [0.25, 0.3) is 11.2 Å². The molecule has 10 heteroatoms. The summed E-state index contributed by atoms with van der Waals surface area (Å²) in [6.45, 7) is 7.30. The van der Waals surface area contributed by atoms with E-state index in [2.05, 4.69) is 15.0 Å². The number of aromatic nitrogens is 4. The highest BCUT2D eigenvalue weighted by molar-refractivity contribution is 7.53. The molecule has 2 atom stereocenters. The van der Waals surface area contributed by atoms with Crippen molar-refractivity contribution in [2.75, 3.05) is 6.35 Å². The maximum atomic E-state index is 12.9. The second kappa shape index (κ2) is 9.01. The van der Waals surface area contributed by atoms with Gasteiger partial charge in [0.2, 0.25) is 0 Å². The van der Waals surface area contributed by atoms with Crippen molar-refractivity contribution in [1.29, 1.82) is 0 Å². The lowest BCUT2D eigenvalue weighted by Gasteiger charge is -2.27. The van der Waals surface area contributed by atoms with E-state index in [1.165, 1.54) is 6.33 Å². The molecule has 0 aromatic carbocycles. The minimum Gasteiger partial charge on any atom is -0.362 e. The first-order valence-electron chi connectivity index (χ1n) is 9.36. The first-order chi connectivity index (χ1) is 13.3. The molecule has 0 saturated carbocycles. The van der Waals surface area contributed by atoms with Gasteiger partial charge in [-0.25, -0.2) is 15.0 Å². The first kappa shape index (κ1) is 21.4. The highest BCUT2D eigenvalue weighted by Gasteiger charge is 2.30. The molecule has 2 aromatic heterocycles. The van der Waals surface area contributed by atoms with Gasteiger partial charge in [-0.3, -0.25) is 4.57 Å². The normalized spacial score (nSPS) is 20.5. The van der Waals surface area contributed by atoms with Crippen LogP contribution in [0.5, 0.6) is 0 Å². The fourth-order valence-corrected chi connectivity index (χ4v) is 5.14. The molecule has 0 aliphatic heterocycles. The Morgan fingerprint density at radius 1 is 1.14 bits per heavy atom. The van der Waals surface area contributed by atoms with Gasteiger partial charge in [0.1, 0.15) is 18.2 Å². The van der Waals surface area contributed by atoms with Gasteiger partial charge in [-0.1, -0.05) is 23.8 Å². The predicted octanol–water partition coefficient (Wildman–Crippen LogP) is 4.76. The van der Waals surface area contributed by atoms with Crippen molar-refractivity contribution in [2.24, 2.45) is 0 Å². The summed E-state index contributed by atoms with van der Waals surface area (Å²) >= 11 is 6.07. The molecule has 0 radical (unpaired) electrons.